The fraction of sp³-hybridized carbons (Fsp3) is 0.367. The highest BCUT2D eigenvalue weighted by molar-refractivity contribution is 7.07. The van der Waals surface area contributed by atoms with Crippen LogP contribution in [0.25, 0.3) is 6.08 Å². The third kappa shape index (κ3) is 5.49. The number of esters is 1. The van der Waals surface area contributed by atoms with Crippen molar-refractivity contribution in [2.45, 2.75) is 33.7 Å². The molecular formula is C30H36N4O4S. The van der Waals surface area contributed by atoms with E-state index < -0.39 is 12.0 Å². The number of methoxy groups -OCH3 is 1. The number of hydrogen-bond donors (Lipinski definition) is 0. The van der Waals surface area contributed by atoms with Gasteiger partial charge in [-0.2, -0.15) is 0 Å². The maximum absolute atomic E-state index is 13.9. The molecule has 4 rings (SSSR count). The molecule has 1 atom stereocenters. The lowest BCUT2D eigenvalue weighted by atomic mass is 9.95. The topological polar surface area (TPSA) is 76.4 Å². The lowest BCUT2D eigenvalue weighted by molar-refractivity contribution is -0.139. The average Bonchev–Trinajstić information content (AvgIpc) is 3.23. The number of aromatic nitrogens is 1. The maximum Gasteiger partial charge on any atom is 0.338 e. The van der Waals surface area contributed by atoms with Crippen molar-refractivity contribution in [3.05, 3.63) is 84.5 Å². The van der Waals surface area contributed by atoms with E-state index in [-0.39, 0.29) is 12.2 Å². The molecule has 39 heavy (non-hydrogen) atoms. The molecule has 0 aliphatic carbocycles. The number of hydrogen-bond acceptors (Lipinski definition) is 8. The third-order valence-corrected chi connectivity index (χ3v) is 7.86. The maximum atomic E-state index is 13.9. The third-order valence-electron chi connectivity index (χ3n) is 6.87. The first kappa shape index (κ1) is 28.2. The number of nitrogens with zero attached hydrogens (tertiary/aromatic N) is 4. The lowest BCUT2D eigenvalue weighted by Crippen LogP contribution is -2.40. The number of thiazole rings is 1. The molecule has 1 aliphatic rings. The summed E-state index contributed by atoms with van der Waals surface area (Å²) >= 11 is 1.30. The summed E-state index contributed by atoms with van der Waals surface area (Å²) in [6.45, 7) is 9.78. The molecule has 9 heteroatoms. The summed E-state index contributed by atoms with van der Waals surface area (Å²) in [6, 6.07) is 13.2. The fourth-order valence-electron chi connectivity index (χ4n) is 4.81. The first-order valence-corrected chi connectivity index (χ1v) is 14.0. The Morgan fingerprint density at radius 1 is 1.08 bits per heavy atom. The first-order chi connectivity index (χ1) is 18.7. The highest BCUT2D eigenvalue weighted by Gasteiger charge is 2.33. The monoisotopic (exact) mass is 548 g/mol. The molecule has 1 aliphatic heterocycles. The van der Waals surface area contributed by atoms with Gasteiger partial charge in [-0.05, 0) is 63.6 Å². The molecule has 0 saturated heterocycles. The van der Waals surface area contributed by atoms with Crippen LogP contribution in [0.1, 0.15) is 44.9 Å². The van der Waals surface area contributed by atoms with Gasteiger partial charge in [-0.3, -0.25) is 9.36 Å². The van der Waals surface area contributed by atoms with Crippen LogP contribution in [-0.4, -0.2) is 51.4 Å². The van der Waals surface area contributed by atoms with E-state index >= 15 is 0 Å². The second-order valence-corrected chi connectivity index (χ2v) is 10.4. The van der Waals surface area contributed by atoms with Crippen molar-refractivity contribution in [3.63, 3.8) is 0 Å². The molecule has 0 fully saturated rings. The van der Waals surface area contributed by atoms with Gasteiger partial charge in [0.15, 0.2) is 4.80 Å². The molecule has 0 N–H and O–H groups in total. The molecule has 0 radical (unpaired) electrons. The summed E-state index contributed by atoms with van der Waals surface area (Å²) in [7, 11) is 5.57. The van der Waals surface area contributed by atoms with Crippen LogP contribution in [0.15, 0.2) is 63.5 Å². The zero-order chi connectivity index (χ0) is 28.3. The smallest absolute Gasteiger partial charge is 0.338 e. The molecule has 8 nitrogen and oxygen atoms in total. The molecule has 0 spiro atoms. The van der Waals surface area contributed by atoms with Crippen molar-refractivity contribution >= 4 is 34.8 Å². The van der Waals surface area contributed by atoms with Gasteiger partial charge in [-0.15, -0.1) is 0 Å². The summed E-state index contributed by atoms with van der Waals surface area (Å²) in [4.78, 5) is 36.5. The minimum absolute atomic E-state index is 0.218. The van der Waals surface area contributed by atoms with Gasteiger partial charge < -0.3 is 19.3 Å². The average molecular weight is 549 g/mol. The number of carbonyl (C=O) groups excluding carboxylic acids is 1. The Balaban J connectivity index is 1.89. The quantitative estimate of drug-likeness (QED) is 0.380. The lowest BCUT2D eigenvalue weighted by Gasteiger charge is -2.25. The highest BCUT2D eigenvalue weighted by atomic mass is 32.1. The van der Waals surface area contributed by atoms with Gasteiger partial charge in [0.05, 0.1) is 35.6 Å². The predicted octanol–water partition coefficient (Wildman–Crippen LogP) is 3.72. The molecular weight excluding hydrogens is 512 g/mol. The predicted molar refractivity (Wildman–Crippen MR) is 158 cm³/mol. The summed E-state index contributed by atoms with van der Waals surface area (Å²) in [5.41, 5.74) is 4.39. The first-order valence-electron chi connectivity index (χ1n) is 13.1. The highest BCUT2D eigenvalue weighted by Crippen LogP contribution is 2.32. The molecule has 2 heterocycles. The van der Waals surface area contributed by atoms with Crippen molar-refractivity contribution in [3.8, 4) is 5.75 Å². The Labute approximate surface area is 233 Å². The summed E-state index contributed by atoms with van der Waals surface area (Å²) in [6.07, 6.45) is 1.84. The minimum Gasteiger partial charge on any atom is -0.496 e. The molecule has 0 saturated carbocycles. The molecule has 0 amide bonds. The van der Waals surface area contributed by atoms with E-state index in [0.29, 0.717) is 26.4 Å². The van der Waals surface area contributed by atoms with E-state index in [0.717, 1.165) is 35.6 Å². The number of allylic oxidation sites excluding steroid dienone is 1. The van der Waals surface area contributed by atoms with Gasteiger partial charge in [0.2, 0.25) is 0 Å². The summed E-state index contributed by atoms with van der Waals surface area (Å²) < 4.78 is 13.2. The number of fused-ring (bicyclic) bond motifs is 1. The van der Waals surface area contributed by atoms with Gasteiger partial charge in [-0.25, -0.2) is 9.79 Å². The van der Waals surface area contributed by atoms with Crippen LogP contribution in [0.3, 0.4) is 0 Å². The Hall–Kier alpha value is -3.85. The summed E-state index contributed by atoms with van der Waals surface area (Å²) in [5.74, 6) is 0.216. The zero-order valence-corrected chi connectivity index (χ0v) is 24.5. The molecule has 1 aromatic heterocycles. The second kappa shape index (κ2) is 11.9. The Morgan fingerprint density at radius 3 is 2.33 bits per heavy atom. The van der Waals surface area contributed by atoms with Crippen molar-refractivity contribution in [1.82, 2.24) is 4.57 Å². The van der Waals surface area contributed by atoms with Gasteiger partial charge >= 0.3 is 5.97 Å². The number of anilines is 2. The number of ether oxygens (including phenoxy) is 2. The van der Waals surface area contributed by atoms with Gasteiger partial charge in [0.25, 0.3) is 5.56 Å². The Kier molecular flexibility index (Phi) is 8.60. The van der Waals surface area contributed by atoms with Crippen LogP contribution < -0.4 is 29.4 Å². The van der Waals surface area contributed by atoms with E-state index in [4.69, 9.17) is 9.47 Å². The SMILES string of the molecule is CCOC(=O)C1=C(C)N=c2sc(=Cc3ccc(N(CC)CC)cc3OC)c(=O)n2[C@@H]1c1ccc(N(C)C)cc1. The van der Waals surface area contributed by atoms with Crippen LogP contribution in [0, 0.1) is 0 Å². The minimum atomic E-state index is -0.648. The standard InChI is InChI=1S/C30H36N4O4S/c1-8-33(9-2)23-16-13-21(24(18-23)37-7)17-25-28(35)34-27(20-11-14-22(15-12-20)32(5)6)26(29(36)38-10-3)19(4)31-30(34)39-25/h11-18,27H,8-10H2,1-7H3/t27-/m1/s1. The molecule has 0 bridgehead atoms. The van der Waals surface area contributed by atoms with Crippen molar-refractivity contribution < 1.29 is 14.3 Å². The van der Waals surface area contributed by atoms with Crippen LogP contribution in [-0.2, 0) is 9.53 Å². The number of benzene rings is 2. The van der Waals surface area contributed by atoms with Crippen LogP contribution in [0.5, 0.6) is 5.75 Å². The van der Waals surface area contributed by atoms with Gasteiger partial charge in [0, 0.05) is 50.2 Å². The van der Waals surface area contributed by atoms with E-state index in [1.54, 1.807) is 25.5 Å². The van der Waals surface area contributed by atoms with Crippen LogP contribution in [0.4, 0.5) is 11.4 Å². The molecule has 0 unspecified atom stereocenters. The Bertz CT molecular complexity index is 1560. The van der Waals surface area contributed by atoms with E-state index in [1.165, 1.54) is 11.3 Å². The zero-order valence-electron chi connectivity index (χ0n) is 23.6. The van der Waals surface area contributed by atoms with Crippen molar-refractivity contribution in [2.24, 2.45) is 4.99 Å². The molecule has 3 aromatic rings. The van der Waals surface area contributed by atoms with Gasteiger partial charge in [-0.1, -0.05) is 23.5 Å². The Morgan fingerprint density at radius 2 is 1.74 bits per heavy atom. The molecule has 2 aromatic carbocycles. The molecule has 206 valence electrons. The fourth-order valence-corrected chi connectivity index (χ4v) is 5.84. The largest absolute Gasteiger partial charge is 0.496 e. The van der Waals surface area contributed by atoms with E-state index in [2.05, 4.69) is 23.7 Å². The second-order valence-electron chi connectivity index (χ2n) is 9.39. The van der Waals surface area contributed by atoms with E-state index in [1.807, 2.05) is 67.5 Å². The van der Waals surface area contributed by atoms with Crippen molar-refractivity contribution in [1.29, 1.82) is 0 Å². The van der Waals surface area contributed by atoms with Crippen molar-refractivity contribution in [2.75, 3.05) is 50.7 Å². The van der Waals surface area contributed by atoms with Crippen LogP contribution >= 0.6 is 11.3 Å². The normalized spacial score (nSPS) is 15.1. The van der Waals surface area contributed by atoms with E-state index in [9.17, 15) is 9.59 Å². The number of carbonyl (C=O) groups is 1. The van der Waals surface area contributed by atoms with Gasteiger partial charge in [0.1, 0.15) is 5.75 Å². The van der Waals surface area contributed by atoms with Crippen LogP contribution in [0.2, 0.25) is 0 Å². The summed E-state index contributed by atoms with van der Waals surface area (Å²) in [5, 5.41) is 0. The number of rotatable bonds is 9.